The van der Waals surface area contributed by atoms with Crippen molar-refractivity contribution < 1.29 is 28.9 Å². The van der Waals surface area contributed by atoms with Gasteiger partial charge in [-0.1, -0.05) is 34.6 Å². The Bertz CT molecular complexity index is 679. The number of alkyl halides is 1. The van der Waals surface area contributed by atoms with Gasteiger partial charge in [-0.25, -0.2) is 4.39 Å². The predicted octanol–water partition coefficient (Wildman–Crippen LogP) is 4.51. The SMILES string of the molecule is CC(C)(C)c1cc(C(C)(C)c2cncc(CF)n2)[c-]cc1F.[Ir]. The first-order chi connectivity index (χ1) is 10.2. The van der Waals surface area contributed by atoms with Crippen LogP contribution in [-0.2, 0) is 37.6 Å². The van der Waals surface area contributed by atoms with Crippen molar-refractivity contribution in [3.8, 4) is 0 Å². The Labute approximate surface area is 150 Å². The quantitative estimate of drug-likeness (QED) is 0.586. The number of hydrogen-bond donors (Lipinski definition) is 0. The molecule has 0 aliphatic carbocycles. The van der Waals surface area contributed by atoms with Crippen LogP contribution in [-0.4, -0.2) is 9.97 Å². The Balaban J connectivity index is 0.00000264. The molecule has 0 spiro atoms. The fraction of sp³-hybridized carbons (Fsp3) is 0.444. The van der Waals surface area contributed by atoms with Crippen molar-refractivity contribution in [2.75, 3.05) is 0 Å². The Kier molecular flexibility index (Phi) is 6.17. The van der Waals surface area contributed by atoms with Gasteiger partial charge in [-0.2, -0.15) is 17.7 Å². The van der Waals surface area contributed by atoms with Gasteiger partial charge in [0.15, 0.2) is 0 Å². The van der Waals surface area contributed by atoms with Crippen molar-refractivity contribution in [2.45, 2.75) is 52.1 Å². The summed E-state index contributed by atoms with van der Waals surface area (Å²) in [5.41, 5.74) is 1.53. The fourth-order valence-corrected chi connectivity index (χ4v) is 2.32. The van der Waals surface area contributed by atoms with Gasteiger partial charge in [0.05, 0.1) is 17.6 Å². The Morgan fingerprint density at radius 3 is 2.35 bits per heavy atom. The van der Waals surface area contributed by atoms with Crippen molar-refractivity contribution in [1.82, 2.24) is 9.97 Å². The molecule has 0 unspecified atom stereocenters. The fourth-order valence-electron chi connectivity index (χ4n) is 2.32. The van der Waals surface area contributed by atoms with Crippen molar-refractivity contribution >= 4 is 0 Å². The number of hydrogen-bond acceptors (Lipinski definition) is 2. The van der Waals surface area contributed by atoms with Gasteiger partial charge in [0.2, 0.25) is 0 Å². The molecule has 127 valence electrons. The molecule has 0 saturated carbocycles. The molecule has 2 aromatic rings. The zero-order valence-electron chi connectivity index (χ0n) is 14.0. The largest absolute Gasteiger partial charge is 0.284 e. The zero-order chi connectivity index (χ0) is 16.5. The molecule has 1 heterocycles. The van der Waals surface area contributed by atoms with E-state index in [1.165, 1.54) is 12.3 Å². The van der Waals surface area contributed by atoms with E-state index < -0.39 is 12.1 Å². The summed E-state index contributed by atoms with van der Waals surface area (Å²) in [5, 5.41) is 0. The molecular weight excluding hydrogens is 474 g/mol. The normalized spacial score (nSPS) is 12.0. The van der Waals surface area contributed by atoms with Crippen LogP contribution in [0.2, 0.25) is 0 Å². The number of halogens is 2. The smallest absolute Gasteiger partial charge is 0.133 e. The molecule has 0 aliphatic rings. The molecule has 1 aromatic carbocycles. The van der Waals surface area contributed by atoms with Crippen LogP contribution in [0.3, 0.4) is 0 Å². The molecule has 1 aromatic heterocycles. The van der Waals surface area contributed by atoms with Crippen molar-refractivity contribution in [3.05, 3.63) is 58.9 Å². The third-order valence-electron chi connectivity index (χ3n) is 3.84. The number of nitrogens with zero attached hydrogens (tertiary/aromatic N) is 2. The van der Waals surface area contributed by atoms with E-state index in [1.54, 1.807) is 6.20 Å². The molecular formula is C18H21F2IrN2-. The average Bonchev–Trinajstić information content (AvgIpc) is 2.46. The van der Waals surface area contributed by atoms with Crippen LogP contribution in [0, 0.1) is 11.9 Å². The van der Waals surface area contributed by atoms with Crippen molar-refractivity contribution in [1.29, 1.82) is 0 Å². The summed E-state index contributed by atoms with van der Waals surface area (Å²) in [6.07, 6.45) is 3.03. The van der Waals surface area contributed by atoms with Gasteiger partial charge in [0.25, 0.3) is 0 Å². The first-order valence-corrected chi connectivity index (χ1v) is 7.26. The second kappa shape index (κ2) is 7.14. The molecule has 0 saturated heterocycles. The minimum atomic E-state index is -0.655. The molecule has 0 bridgehead atoms. The summed E-state index contributed by atoms with van der Waals surface area (Å²) in [6.45, 7) is 9.14. The van der Waals surface area contributed by atoms with E-state index >= 15 is 0 Å². The number of rotatable bonds is 3. The monoisotopic (exact) mass is 496 g/mol. The maximum atomic E-state index is 14.1. The van der Waals surface area contributed by atoms with Gasteiger partial charge in [-0.3, -0.25) is 14.4 Å². The molecule has 0 N–H and O–H groups in total. The van der Waals surface area contributed by atoms with Crippen LogP contribution in [0.25, 0.3) is 0 Å². The van der Waals surface area contributed by atoms with Gasteiger partial charge in [0, 0.05) is 37.5 Å². The minimum Gasteiger partial charge on any atom is -0.284 e. The summed E-state index contributed by atoms with van der Waals surface area (Å²) < 4.78 is 26.9. The summed E-state index contributed by atoms with van der Waals surface area (Å²) in [7, 11) is 0. The van der Waals surface area contributed by atoms with Crippen LogP contribution >= 0.6 is 0 Å². The number of aromatic nitrogens is 2. The molecule has 0 fully saturated rings. The van der Waals surface area contributed by atoms with Gasteiger partial charge >= 0.3 is 0 Å². The van der Waals surface area contributed by atoms with Crippen LogP contribution in [0.1, 0.15) is 57.1 Å². The van der Waals surface area contributed by atoms with E-state index in [4.69, 9.17) is 0 Å². The molecule has 2 rings (SSSR count). The van der Waals surface area contributed by atoms with Gasteiger partial charge in [0.1, 0.15) is 6.67 Å². The third-order valence-corrected chi connectivity index (χ3v) is 3.84. The maximum Gasteiger partial charge on any atom is 0.133 e. The van der Waals surface area contributed by atoms with Crippen LogP contribution < -0.4 is 0 Å². The Hall–Kier alpha value is -1.19. The molecule has 2 nitrogen and oxygen atoms in total. The van der Waals surface area contributed by atoms with Crippen molar-refractivity contribution in [2.24, 2.45) is 0 Å². The first-order valence-electron chi connectivity index (χ1n) is 7.26. The van der Waals surface area contributed by atoms with E-state index in [1.807, 2.05) is 40.7 Å². The van der Waals surface area contributed by atoms with Crippen LogP contribution in [0.15, 0.2) is 24.5 Å². The minimum absolute atomic E-state index is 0. The third kappa shape index (κ3) is 4.21. The molecule has 0 atom stereocenters. The van der Waals surface area contributed by atoms with E-state index in [0.717, 1.165) is 5.56 Å². The van der Waals surface area contributed by atoms with Gasteiger partial charge in [-0.05, 0) is 5.41 Å². The predicted molar refractivity (Wildman–Crippen MR) is 82.9 cm³/mol. The molecule has 5 heteroatoms. The molecule has 23 heavy (non-hydrogen) atoms. The Morgan fingerprint density at radius 1 is 1.13 bits per heavy atom. The van der Waals surface area contributed by atoms with Crippen LogP contribution in [0.4, 0.5) is 8.78 Å². The summed E-state index contributed by atoms with van der Waals surface area (Å²) >= 11 is 0. The van der Waals surface area contributed by atoms with Gasteiger partial charge in [-0.15, -0.1) is 11.6 Å². The summed E-state index contributed by atoms with van der Waals surface area (Å²) in [6, 6.07) is 6.17. The van der Waals surface area contributed by atoms with E-state index in [0.29, 0.717) is 17.0 Å². The second-order valence-corrected chi connectivity index (χ2v) is 7.01. The number of benzene rings is 1. The topological polar surface area (TPSA) is 25.8 Å². The molecule has 1 radical (unpaired) electrons. The van der Waals surface area contributed by atoms with Crippen molar-refractivity contribution in [3.63, 3.8) is 0 Å². The first kappa shape index (κ1) is 19.9. The Morgan fingerprint density at radius 2 is 1.78 bits per heavy atom. The summed E-state index contributed by atoms with van der Waals surface area (Å²) in [5.74, 6) is -0.268. The van der Waals surface area contributed by atoms with E-state index in [-0.39, 0.29) is 31.3 Å². The van der Waals surface area contributed by atoms with E-state index in [2.05, 4.69) is 16.0 Å². The van der Waals surface area contributed by atoms with Gasteiger partial charge < -0.3 is 0 Å². The zero-order valence-corrected chi connectivity index (χ0v) is 16.4. The standard InChI is InChI=1S/C18H21F2N2.Ir/c1-17(2,3)14-8-12(6-7-15(14)20)18(4,5)16-11-21-10-13(9-19)22-16;/h7-8,10-11H,9H2,1-5H3;/q-1;. The van der Waals surface area contributed by atoms with E-state index in [9.17, 15) is 8.78 Å². The average molecular weight is 496 g/mol. The second-order valence-electron chi connectivity index (χ2n) is 7.01. The summed E-state index contributed by atoms with van der Waals surface area (Å²) in [4.78, 5) is 8.35. The molecule has 0 amide bonds. The van der Waals surface area contributed by atoms with Crippen LogP contribution in [0.5, 0.6) is 0 Å². The molecule has 0 aliphatic heterocycles. The maximum absolute atomic E-state index is 14.1.